The molecule has 1 unspecified atom stereocenters. The number of aromatic nitrogens is 3. The molecule has 4 N–H and O–H groups in total. The lowest BCUT2D eigenvalue weighted by molar-refractivity contribution is -0.106. The van der Waals surface area contributed by atoms with Gasteiger partial charge in [0.05, 0.1) is 24.5 Å². The molecular weight excluding hydrogens is 431 g/mol. The summed E-state index contributed by atoms with van der Waals surface area (Å²) in [6, 6.07) is 8.05. The van der Waals surface area contributed by atoms with Crippen LogP contribution < -0.4 is 20.5 Å². The molecule has 0 fully saturated rings. The number of rotatable bonds is 5. The number of nitrogens with one attached hydrogen (secondary N) is 2. The maximum atomic E-state index is 14.5. The molecule has 2 aliphatic rings. The number of likely N-dealkylation sites (N-methyl/N-ethyl adjacent to an activating group) is 1. The molecule has 0 saturated heterocycles. The van der Waals surface area contributed by atoms with E-state index in [1.54, 1.807) is 12.3 Å². The van der Waals surface area contributed by atoms with Crippen molar-refractivity contribution < 1.29 is 13.9 Å². The van der Waals surface area contributed by atoms with Crippen molar-refractivity contribution in [3.8, 4) is 17.0 Å². The van der Waals surface area contributed by atoms with Gasteiger partial charge in [-0.3, -0.25) is 9.78 Å². The van der Waals surface area contributed by atoms with Gasteiger partial charge in [-0.2, -0.15) is 5.10 Å². The minimum atomic E-state index is -0.317. The quantitative estimate of drug-likeness (QED) is 0.400. The maximum Gasteiger partial charge on any atom is 0.213 e. The first kappa shape index (κ1) is 22.1. The third-order valence-electron chi connectivity index (χ3n) is 5.56. The summed E-state index contributed by atoms with van der Waals surface area (Å²) in [5.74, 6) is 0.460. The normalized spacial score (nSPS) is 16.2. The van der Waals surface area contributed by atoms with Crippen LogP contribution in [0.25, 0.3) is 11.1 Å². The lowest BCUT2D eigenvalue weighted by Crippen LogP contribution is -2.39. The summed E-state index contributed by atoms with van der Waals surface area (Å²) < 4.78 is 25.6. The second kappa shape index (κ2) is 10.0. The Morgan fingerprint density at radius 1 is 1.31 bits per heavy atom. The van der Waals surface area contributed by atoms with E-state index in [0.717, 1.165) is 48.0 Å². The first-order valence-corrected chi connectivity index (χ1v) is 11.2. The summed E-state index contributed by atoms with van der Waals surface area (Å²) >= 11 is 1.44. The van der Waals surface area contributed by atoms with Crippen molar-refractivity contribution in [2.45, 2.75) is 36.9 Å². The van der Waals surface area contributed by atoms with E-state index in [9.17, 15) is 4.39 Å². The van der Waals surface area contributed by atoms with Crippen molar-refractivity contribution in [2.24, 2.45) is 5.73 Å². The number of hydrogen-bond acceptors (Lipinski definition) is 7. The van der Waals surface area contributed by atoms with Crippen LogP contribution in [0, 0.1) is 5.82 Å². The molecule has 0 bridgehead atoms. The third-order valence-corrected chi connectivity index (χ3v) is 6.27. The van der Waals surface area contributed by atoms with E-state index in [1.165, 1.54) is 29.3 Å². The highest BCUT2D eigenvalue weighted by molar-refractivity contribution is 8.00. The lowest BCUT2D eigenvalue weighted by atomic mass is 9.98. The number of halogens is 1. The number of primary amides is 1. The summed E-state index contributed by atoms with van der Waals surface area (Å²) in [5, 5.41) is 8.70. The van der Waals surface area contributed by atoms with Crippen LogP contribution in [0.3, 0.4) is 0 Å². The number of anilines is 1. The predicted molar refractivity (Wildman–Crippen MR) is 122 cm³/mol. The van der Waals surface area contributed by atoms with Crippen molar-refractivity contribution in [2.75, 3.05) is 18.4 Å². The van der Waals surface area contributed by atoms with E-state index >= 15 is 0 Å². The molecule has 1 atom stereocenters. The van der Waals surface area contributed by atoms with Crippen LogP contribution in [0.2, 0.25) is 0 Å². The molecule has 32 heavy (non-hydrogen) atoms. The van der Waals surface area contributed by atoms with Gasteiger partial charge in [0.1, 0.15) is 17.5 Å². The number of nitrogens with zero attached hydrogens (tertiary/aromatic N) is 3. The summed E-state index contributed by atoms with van der Waals surface area (Å²) in [6.07, 6.45) is 6.31. The van der Waals surface area contributed by atoms with Crippen molar-refractivity contribution in [1.29, 1.82) is 0 Å². The van der Waals surface area contributed by atoms with E-state index in [4.69, 9.17) is 9.53 Å². The number of amides is 1. The standard InChI is InChI=1S/C21H22FN5OS.CH3NO/c1-23-14-11-27-20(28-12-14)9-19(25-27)29-26-21-15-4-2-3-13(15)5-6-17(21)16-7-8-24-10-18(16)22;2-1-3/h5-10,14,23,26H,2-4,11-12H2,1H3;1H,(H2,2,3). The van der Waals surface area contributed by atoms with Crippen LogP contribution in [0.15, 0.2) is 41.7 Å². The Balaban J connectivity index is 0.000000775. The molecule has 1 aliphatic heterocycles. The van der Waals surface area contributed by atoms with Crippen LogP contribution in [0.5, 0.6) is 5.88 Å². The Morgan fingerprint density at radius 3 is 2.94 bits per heavy atom. The Morgan fingerprint density at radius 2 is 2.16 bits per heavy atom. The summed E-state index contributed by atoms with van der Waals surface area (Å²) in [7, 11) is 1.93. The minimum Gasteiger partial charge on any atom is -0.476 e. The van der Waals surface area contributed by atoms with Gasteiger partial charge in [-0.05, 0) is 43.5 Å². The van der Waals surface area contributed by atoms with Gasteiger partial charge in [-0.25, -0.2) is 9.07 Å². The van der Waals surface area contributed by atoms with Gasteiger partial charge in [0, 0.05) is 35.3 Å². The summed E-state index contributed by atoms with van der Waals surface area (Å²) in [5.41, 5.74) is 9.14. The molecule has 5 rings (SSSR count). The number of nitrogens with two attached hydrogens (primary N) is 1. The number of hydrogen-bond donors (Lipinski definition) is 3. The first-order valence-electron chi connectivity index (χ1n) is 10.3. The zero-order valence-electron chi connectivity index (χ0n) is 17.7. The monoisotopic (exact) mass is 456 g/mol. The highest BCUT2D eigenvalue weighted by Crippen LogP contribution is 2.40. The van der Waals surface area contributed by atoms with Crippen LogP contribution >= 0.6 is 11.9 Å². The number of aryl methyl sites for hydroxylation is 1. The Bertz CT molecular complexity index is 1110. The molecule has 3 aromatic rings. The van der Waals surface area contributed by atoms with E-state index in [2.05, 4.69) is 31.9 Å². The van der Waals surface area contributed by atoms with Gasteiger partial charge in [-0.15, -0.1) is 0 Å². The van der Waals surface area contributed by atoms with Gasteiger partial charge in [0.15, 0.2) is 0 Å². The molecule has 1 aliphatic carbocycles. The molecule has 8 nitrogen and oxygen atoms in total. The molecule has 0 radical (unpaired) electrons. The molecule has 1 aromatic carbocycles. The van der Waals surface area contributed by atoms with E-state index in [0.29, 0.717) is 12.2 Å². The van der Waals surface area contributed by atoms with Crippen molar-refractivity contribution in [3.05, 3.63) is 53.6 Å². The molecule has 10 heteroatoms. The number of carbonyl (C=O) groups excluding carboxylic acids is 1. The van der Waals surface area contributed by atoms with Crippen LogP contribution in [0.4, 0.5) is 10.1 Å². The number of pyridine rings is 1. The van der Waals surface area contributed by atoms with Crippen LogP contribution in [-0.2, 0) is 24.2 Å². The summed E-state index contributed by atoms with van der Waals surface area (Å²) in [6.45, 7) is 1.41. The van der Waals surface area contributed by atoms with Crippen molar-refractivity contribution >= 4 is 24.0 Å². The largest absolute Gasteiger partial charge is 0.476 e. The van der Waals surface area contributed by atoms with Gasteiger partial charge >= 0.3 is 0 Å². The fourth-order valence-electron chi connectivity index (χ4n) is 4.00. The molecule has 0 saturated carbocycles. The average molecular weight is 457 g/mol. The predicted octanol–water partition coefficient (Wildman–Crippen LogP) is 2.77. The van der Waals surface area contributed by atoms with Gasteiger partial charge in [0.25, 0.3) is 0 Å². The number of benzene rings is 1. The zero-order chi connectivity index (χ0) is 22.5. The molecule has 1 amide bonds. The Labute approximate surface area is 189 Å². The fourth-order valence-corrected chi connectivity index (χ4v) is 4.74. The maximum absolute atomic E-state index is 14.5. The Hall–Kier alpha value is -3.11. The third kappa shape index (κ3) is 4.56. The van der Waals surface area contributed by atoms with Gasteiger partial charge < -0.3 is 20.5 Å². The molecule has 2 aromatic heterocycles. The van der Waals surface area contributed by atoms with Crippen LogP contribution in [0.1, 0.15) is 17.5 Å². The van der Waals surface area contributed by atoms with Gasteiger partial charge in [0.2, 0.25) is 12.3 Å². The van der Waals surface area contributed by atoms with E-state index in [-0.39, 0.29) is 18.3 Å². The van der Waals surface area contributed by atoms with E-state index < -0.39 is 0 Å². The number of carbonyl (C=O) groups is 1. The van der Waals surface area contributed by atoms with E-state index in [1.807, 2.05) is 23.9 Å². The minimum absolute atomic E-state index is 0.250. The molecule has 3 heterocycles. The number of fused-ring (bicyclic) bond motifs is 2. The smallest absolute Gasteiger partial charge is 0.213 e. The average Bonchev–Trinajstić information content (AvgIpc) is 3.44. The fraction of sp³-hybridized carbons (Fsp3) is 0.318. The summed E-state index contributed by atoms with van der Waals surface area (Å²) in [4.78, 5) is 12.5. The zero-order valence-corrected chi connectivity index (χ0v) is 18.5. The first-order chi connectivity index (χ1) is 15.6. The lowest BCUT2D eigenvalue weighted by Gasteiger charge is -2.23. The van der Waals surface area contributed by atoms with Gasteiger partial charge in [-0.1, -0.05) is 12.1 Å². The number of ether oxygens (including phenoxy) is 1. The van der Waals surface area contributed by atoms with Crippen molar-refractivity contribution in [1.82, 2.24) is 20.1 Å². The highest BCUT2D eigenvalue weighted by Gasteiger charge is 2.23. The van der Waals surface area contributed by atoms with Crippen LogP contribution in [-0.4, -0.2) is 40.9 Å². The second-order valence-corrected chi connectivity index (χ2v) is 8.30. The topological polar surface area (TPSA) is 107 Å². The molecule has 0 spiro atoms. The molecular formula is C22H25FN6O2S. The SMILES string of the molecule is CNC1COc2cc(SNc3c(-c4ccncc4F)ccc4c3CCC4)nn2C1.NC=O. The Kier molecular flexibility index (Phi) is 6.91. The van der Waals surface area contributed by atoms with Crippen molar-refractivity contribution in [3.63, 3.8) is 0 Å². The highest BCUT2D eigenvalue weighted by atomic mass is 32.2. The second-order valence-electron chi connectivity index (χ2n) is 7.47. The molecule has 168 valence electrons.